The van der Waals surface area contributed by atoms with E-state index in [-0.39, 0.29) is 18.5 Å². The van der Waals surface area contributed by atoms with Gasteiger partial charge in [-0.3, -0.25) is 4.40 Å². The van der Waals surface area contributed by atoms with Gasteiger partial charge in [-0.05, 0) is 67.3 Å². The van der Waals surface area contributed by atoms with Crippen LogP contribution in [0.2, 0.25) is 0 Å². The summed E-state index contributed by atoms with van der Waals surface area (Å²) in [6.45, 7) is 6.41. The van der Waals surface area contributed by atoms with Gasteiger partial charge in [-0.15, -0.1) is 0 Å². The molecule has 0 saturated carbocycles. The molecular weight excluding hydrogens is 393 g/mol. The van der Waals surface area contributed by atoms with Crippen molar-refractivity contribution in [3.05, 3.63) is 66.2 Å². The van der Waals surface area contributed by atoms with Crippen LogP contribution < -0.4 is 5.32 Å². The number of pyridine rings is 1. The van der Waals surface area contributed by atoms with E-state index in [9.17, 15) is 9.50 Å². The third kappa shape index (κ3) is 4.56. The van der Waals surface area contributed by atoms with Crippen molar-refractivity contribution >= 4 is 11.6 Å². The van der Waals surface area contributed by atoms with E-state index in [1.54, 1.807) is 18.3 Å². The molecule has 6 nitrogen and oxygen atoms in total. The van der Waals surface area contributed by atoms with Gasteiger partial charge in [0, 0.05) is 24.0 Å². The Bertz CT molecular complexity index is 1190. The van der Waals surface area contributed by atoms with Crippen molar-refractivity contribution in [2.45, 2.75) is 39.8 Å². The second kappa shape index (κ2) is 8.81. The highest BCUT2D eigenvalue weighted by molar-refractivity contribution is 5.80. The molecule has 31 heavy (non-hydrogen) atoms. The SMILES string of the molecule is CC(C)CC(C)Nc1nccc(-c2c(-c3ccc(F)cc3)nc3cc(CO)ccn23)n1. The number of aliphatic hydroxyl groups excluding tert-OH is 1. The first-order valence-electron chi connectivity index (χ1n) is 10.4. The first-order chi connectivity index (χ1) is 14.9. The molecule has 160 valence electrons. The fourth-order valence-electron chi connectivity index (χ4n) is 3.79. The van der Waals surface area contributed by atoms with Crippen molar-refractivity contribution < 1.29 is 9.50 Å². The minimum atomic E-state index is -0.302. The number of anilines is 1. The highest BCUT2D eigenvalue weighted by Crippen LogP contribution is 2.32. The van der Waals surface area contributed by atoms with E-state index in [0.717, 1.165) is 23.2 Å². The Morgan fingerprint density at radius 3 is 2.55 bits per heavy atom. The van der Waals surface area contributed by atoms with Crippen molar-refractivity contribution in [2.24, 2.45) is 5.92 Å². The summed E-state index contributed by atoms with van der Waals surface area (Å²) in [5.41, 5.74) is 4.41. The van der Waals surface area contributed by atoms with Gasteiger partial charge < -0.3 is 10.4 Å². The number of imidazole rings is 1. The quantitative estimate of drug-likeness (QED) is 0.444. The third-order valence-electron chi connectivity index (χ3n) is 5.09. The van der Waals surface area contributed by atoms with Crippen molar-refractivity contribution in [3.8, 4) is 22.6 Å². The maximum Gasteiger partial charge on any atom is 0.223 e. The Kier molecular flexibility index (Phi) is 5.95. The standard InChI is InChI=1S/C24H26FN5O/c1-15(2)12-16(3)27-24-26-10-8-20(28-24)23-22(18-4-6-19(25)7-5-18)29-21-13-17(14-31)9-11-30(21)23/h4-11,13,15-16,31H,12,14H2,1-3H3,(H,26,27,28). The summed E-state index contributed by atoms with van der Waals surface area (Å²) in [6.07, 6.45) is 4.60. The molecule has 1 atom stereocenters. The molecule has 0 fully saturated rings. The van der Waals surface area contributed by atoms with Crippen molar-refractivity contribution in [1.82, 2.24) is 19.4 Å². The molecule has 0 amide bonds. The lowest BCUT2D eigenvalue weighted by atomic mass is 10.1. The van der Waals surface area contributed by atoms with Crippen LogP contribution >= 0.6 is 0 Å². The van der Waals surface area contributed by atoms with Crippen LogP contribution in [-0.4, -0.2) is 30.5 Å². The second-order valence-electron chi connectivity index (χ2n) is 8.18. The van der Waals surface area contributed by atoms with Crippen LogP contribution in [0.15, 0.2) is 54.9 Å². The predicted molar refractivity (Wildman–Crippen MR) is 120 cm³/mol. The van der Waals surface area contributed by atoms with Gasteiger partial charge >= 0.3 is 0 Å². The summed E-state index contributed by atoms with van der Waals surface area (Å²) in [7, 11) is 0. The Hall–Kier alpha value is -3.32. The van der Waals surface area contributed by atoms with Gasteiger partial charge in [-0.2, -0.15) is 0 Å². The molecule has 3 heterocycles. The summed E-state index contributed by atoms with van der Waals surface area (Å²) < 4.78 is 15.4. The molecule has 4 aromatic rings. The molecule has 0 saturated heterocycles. The van der Waals surface area contributed by atoms with Crippen LogP contribution in [0.3, 0.4) is 0 Å². The molecule has 7 heteroatoms. The number of hydrogen-bond acceptors (Lipinski definition) is 5. The fourth-order valence-corrected chi connectivity index (χ4v) is 3.79. The second-order valence-corrected chi connectivity index (χ2v) is 8.18. The van der Waals surface area contributed by atoms with Gasteiger partial charge in [0.1, 0.15) is 11.5 Å². The summed E-state index contributed by atoms with van der Waals surface area (Å²) in [5.74, 6) is 0.817. The van der Waals surface area contributed by atoms with E-state index in [1.807, 2.05) is 28.8 Å². The average molecular weight is 420 g/mol. The smallest absolute Gasteiger partial charge is 0.223 e. The van der Waals surface area contributed by atoms with Gasteiger partial charge in [0.2, 0.25) is 5.95 Å². The predicted octanol–water partition coefficient (Wildman–Crippen LogP) is 4.94. The van der Waals surface area contributed by atoms with Crippen LogP contribution in [0.25, 0.3) is 28.3 Å². The summed E-state index contributed by atoms with van der Waals surface area (Å²) in [6, 6.07) is 12.0. The molecule has 0 spiro atoms. The number of aliphatic hydroxyl groups is 1. The molecule has 0 radical (unpaired) electrons. The molecule has 2 N–H and O–H groups in total. The van der Waals surface area contributed by atoms with Crippen molar-refractivity contribution in [1.29, 1.82) is 0 Å². The molecule has 1 aromatic carbocycles. The van der Waals surface area contributed by atoms with Crippen LogP contribution in [0, 0.1) is 11.7 Å². The number of rotatable bonds is 7. The minimum absolute atomic E-state index is 0.0696. The number of nitrogens with zero attached hydrogens (tertiary/aromatic N) is 4. The number of benzene rings is 1. The number of halogens is 1. The first-order valence-corrected chi connectivity index (χ1v) is 10.4. The minimum Gasteiger partial charge on any atom is -0.392 e. The average Bonchev–Trinajstić information content (AvgIpc) is 3.12. The van der Waals surface area contributed by atoms with Crippen LogP contribution in [-0.2, 0) is 6.61 Å². The van der Waals surface area contributed by atoms with Crippen molar-refractivity contribution in [3.63, 3.8) is 0 Å². The molecule has 0 bridgehead atoms. The van der Waals surface area contributed by atoms with E-state index >= 15 is 0 Å². The summed E-state index contributed by atoms with van der Waals surface area (Å²) in [4.78, 5) is 13.9. The Morgan fingerprint density at radius 1 is 1.06 bits per heavy atom. The largest absolute Gasteiger partial charge is 0.392 e. The Morgan fingerprint density at radius 2 is 1.84 bits per heavy atom. The molecule has 0 aliphatic heterocycles. The number of hydrogen-bond donors (Lipinski definition) is 2. The number of aromatic nitrogens is 4. The van der Waals surface area contributed by atoms with E-state index < -0.39 is 0 Å². The maximum atomic E-state index is 13.5. The van der Waals surface area contributed by atoms with Gasteiger partial charge in [0.25, 0.3) is 0 Å². The lowest BCUT2D eigenvalue weighted by molar-refractivity contribution is 0.282. The van der Waals surface area contributed by atoms with Gasteiger partial charge in [-0.25, -0.2) is 19.3 Å². The molecule has 0 aliphatic carbocycles. The molecule has 4 rings (SSSR count). The van der Waals surface area contributed by atoms with Crippen LogP contribution in [0.5, 0.6) is 0 Å². The van der Waals surface area contributed by atoms with E-state index in [4.69, 9.17) is 9.97 Å². The molecular formula is C24H26FN5O. The summed E-state index contributed by atoms with van der Waals surface area (Å²) in [5, 5.41) is 12.9. The number of fused-ring (bicyclic) bond motifs is 1. The maximum absolute atomic E-state index is 13.5. The first kappa shape index (κ1) is 20.9. The Balaban J connectivity index is 1.83. The summed E-state index contributed by atoms with van der Waals surface area (Å²) >= 11 is 0. The van der Waals surface area contributed by atoms with Gasteiger partial charge in [0.15, 0.2) is 0 Å². The lowest BCUT2D eigenvalue weighted by Crippen LogP contribution is -2.19. The normalized spacial score (nSPS) is 12.5. The van der Waals surface area contributed by atoms with Crippen LogP contribution in [0.1, 0.15) is 32.8 Å². The monoisotopic (exact) mass is 419 g/mol. The zero-order chi connectivity index (χ0) is 22.0. The van der Waals surface area contributed by atoms with Gasteiger partial charge in [-0.1, -0.05) is 13.8 Å². The van der Waals surface area contributed by atoms with Crippen LogP contribution in [0.4, 0.5) is 10.3 Å². The highest BCUT2D eigenvalue weighted by Gasteiger charge is 2.18. The molecule has 1 unspecified atom stereocenters. The van der Waals surface area contributed by atoms with E-state index in [0.29, 0.717) is 28.9 Å². The molecule has 0 aliphatic rings. The van der Waals surface area contributed by atoms with Gasteiger partial charge in [0.05, 0.1) is 23.7 Å². The lowest BCUT2D eigenvalue weighted by Gasteiger charge is -2.16. The van der Waals surface area contributed by atoms with E-state index in [1.165, 1.54) is 12.1 Å². The fraction of sp³-hybridized carbons (Fsp3) is 0.292. The Labute approximate surface area is 180 Å². The zero-order valence-corrected chi connectivity index (χ0v) is 17.9. The highest BCUT2D eigenvalue weighted by atomic mass is 19.1. The molecule has 3 aromatic heterocycles. The number of nitrogens with one attached hydrogen (secondary N) is 1. The zero-order valence-electron chi connectivity index (χ0n) is 17.9. The topological polar surface area (TPSA) is 75.3 Å². The van der Waals surface area contributed by atoms with E-state index in [2.05, 4.69) is 31.1 Å². The van der Waals surface area contributed by atoms with Crippen molar-refractivity contribution in [2.75, 3.05) is 5.32 Å². The third-order valence-corrected chi connectivity index (χ3v) is 5.09.